The summed E-state index contributed by atoms with van der Waals surface area (Å²) in [7, 11) is 0. The second-order valence-electron chi connectivity index (χ2n) is 5.84. The van der Waals surface area contributed by atoms with Crippen LogP contribution in [0.4, 0.5) is 11.5 Å². The molecule has 4 rings (SSSR count). The first-order valence-corrected chi connectivity index (χ1v) is 9.62. The van der Waals surface area contributed by atoms with Gasteiger partial charge in [-0.2, -0.15) is 0 Å². The Morgan fingerprint density at radius 3 is 2.54 bits per heavy atom. The molecular weight excluding hydrogens is 374 g/mol. The van der Waals surface area contributed by atoms with Gasteiger partial charge in [0.15, 0.2) is 0 Å². The van der Waals surface area contributed by atoms with Crippen molar-refractivity contribution in [3.63, 3.8) is 0 Å². The largest absolute Gasteiger partial charge is 0.462 e. The molecular formula is C21H17N3O3S. The van der Waals surface area contributed by atoms with Crippen molar-refractivity contribution in [2.24, 2.45) is 0 Å². The van der Waals surface area contributed by atoms with Gasteiger partial charge in [0.05, 0.1) is 17.6 Å². The molecule has 0 aliphatic heterocycles. The molecule has 0 spiro atoms. The minimum Gasteiger partial charge on any atom is -0.462 e. The van der Waals surface area contributed by atoms with Crippen LogP contribution >= 0.6 is 11.3 Å². The van der Waals surface area contributed by atoms with E-state index < -0.39 is 0 Å². The fourth-order valence-corrected chi connectivity index (χ4v) is 3.57. The number of aromatic nitrogens is 2. The number of thiophene rings is 1. The predicted octanol–water partition coefficient (Wildman–Crippen LogP) is 5.40. The molecule has 0 amide bonds. The molecule has 6 nitrogen and oxygen atoms in total. The molecule has 4 aromatic rings. The number of anilines is 2. The monoisotopic (exact) mass is 391 g/mol. The number of hydrogen-bond acceptors (Lipinski definition) is 7. The van der Waals surface area contributed by atoms with Crippen LogP contribution in [0.2, 0.25) is 0 Å². The van der Waals surface area contributed by atoms with Crippen LogP contribution in [0.25, 0.3) is 10.2 Å². The maximum absolute atomic E-state index is 12.2. The fourth-order valence-electron chi connectivity index (χ4n) is 2.70. The quantitative estimate of drug-likeness (QED) is 0.443. The molecule has 2 aromatic carbocycles. The zero-order chi connectivity index (χ0) is 19.3. The van der Waals surface area contributed by atoms with Crippen molar-refractivity contribution in [2.45, 2.75) is 6.92 Å². The van der Waals surface area contributed by atoms with Gasteiger partial charge in [-0.1, -0.05) is 18.2 Å². The van der Waals surface area contributed by atoms with E-state index in [1.165, 1.54) is 17.7 Å². The molecule has 0 saturated carbocycles. The van der Waals surface area contributed by atoms with Gasteiger partial charge in [-0.3, -0.25) is 0 Å². The van der Waals surface area contributed by atoms with Crippen molar-refractivity contribution < 1.29 is 14.3 Å². The molecule has 7 heteroatoms. The zero-order valence-electron chi connectivity index (χ0n) is 15.1. The van der Waals surface area contributed by atoms with Crippen LogP contribution in [0, 0.1) is 0 Å². The number of rotatable bonds is 6. The average molecular weight is 391 g/mol. The van der Waals surface area contributed by atoms with Crippen LogP contribution in [0.5, 0.6) is 11.5 Å². The number of benzene rings is 2. The fraction of sp³-hybridized carbons (Fsp3) is 0.0952. The molecule has 0 fully saturated rings. The van der Waals surface area contributed by atoms with Crippen molar-refractivity contribution >= 4 is 39.0 Å². The molecule has 0 atom stereocenters. The third-order valence-electron chi connectivity index (χ3n) is 3.96. The minimum absolute atomic E-state index is 0.315. The van der Waals surface area contributed by atoms with Crippen LogP contribution in [-0.2, 0) is 4.74 Å². The Morgan fingerprint density at radius 2 is 1.79 bits per heavy atom. The highest BCUT2D eigenvalue weighted by atomic mass is 32.1. The summed E-state index contributed by atoms with van der Waals surface area (Å²) in [5.74, 6) is 1.69. The highest BCUT2D eigenvalue weighted by Gasteiger charge is 2.18. The average Bonchev–Trinajstić information content (AvgIpc) is 3.16. The van der Waals surface area contributed by atoms with Crippen molar-refractivity contribution in [2.75, 3.05) is 11.9 Å². The number of para-hydroxylation sites is 1. The lowest BCUT2D eigenvalue weighted by molar-refractivity contribution is 0.0529. The summed E-state index contributed by atoms with van der Waals surface area (Å²) in [5.41, 5.74) is 1.29. The van der Waals surface area contributed by atoms with Crippen LogP contribution in [0.3, 0.4) is 0 Å². The number of esters is 1. The topological polar surface area (TPSA) is 73.3 Å². The van der Waals surface area contributed by atoms with Crippen molar-refractivity contribution in [1.82, 2.24) is 9.97 Å². The van der Waals surface area contributed by atoms with E-state index in [-0.39, 0.29) is 5.97 Å². The van der Waals surface area contributed by atoms with Gasteiger partial charge in [0.25, 0.3) is 0 Å². The van der Waals surface area contributed by atoms with Gasteiger partial charge in [0.2, 0.25) is 0 Å². The third-order valence-corrected chi connectivity index (χ3v) is 4.85. The van der Waals surface area contributed by atoms with E-state index in [0.717, 1.165) is 22.0 Å². The first kappa shape index (κ1) is 17.9. The van der Waals surface area contributed by atoms with E-state index in [4.69, 9.17) is 9.47 Å². The molecule has 2 heterocycles. The van der Waals surface area contributed by atoms with Gasteiger partial charge >= 0.3 is 5.97 Å². The van der Waals surface area contributed by atoms with E-state index in [1.807, 2.05) is 54.6 Å². The Hall–Kier alpha value is -3.45. The first-order valence-electron chi connectivity index (χ1n) is 8.74. The van der Waals surface area contributed by atoms with Gasteiger partial charge in [-0.05, 0) is 43.3 Å². The molecule has 140 valence electrons. The molecule has 1 N–H and O–H groups in total. The lowest BCUT2D eigenvalue weighted by atomic mass is 10.2. The Balaban J connectivity index is 1.58. The maximum atomic E-state index is 12.2. The normalized spacial score (nSPS) is 10.6. The van der Waals surface area contributed by atoms with Crippen molar-refractivity contribution in [1.29, 1.82) is 0 Å². The van der Waals surface area contributed by atoms with E-state index in [9.17, 15) is 4.79 Å². The lowest BCUT2D eigenvalue weighted by Crippen LogP contribution is -2.05. The van der Waals surface area contributed by atoms with Gasteiger partial charge in [-0.25, -0.2) is 14.8 Å². The number of fused-ring (bicyclic) bond motifs is 1. The number of hydrogen-bond donors (Lipinski definition) is 1. The molecule has 0 radical (unpaired) electrons. The third kappa shape index (κ3) is 3.79. The van der Waals surface area contributed by atoms with Gasteiger partial charge < -0.3 is 14.8 Å². The van der Waals surface area contributed by atoms with E-state index in [1.54, 1.807) is 12.3 Å². The van der Waals surface area contributed by atoms with E-state index >= 15 is 0 Å². The summed E-state index contributed by atoms with van der Waals surface area (Å²) in [6, 6.07) is 17.1. The van der Waals surface area contributed by atoms with Gasteiger partial charge in [-0.15, -0.1) is 11.3 Å². The van der Waals surface area contributed by atoms with Crippen molar-refractivity contribution in [3.8, 4) is 11.5 Å². The SMILES string of the molecule is CCOC(=O)c1csc2ncnc(Nc3ccc(Oc4ccccc4)cc3)c12. The summed E-state index contributed by atoms with van der Waals surface area (Å²) in [6.07, 6.45) is 1.48. The Kier molecular flexibility index (Phi) is 5.16. The summed E-state index contributed by atoms with van der Waals surface area (Å²) in [5, 5.41) is 5.67. The van der Waals surface area contributed by atoms with Crippen molar-refractivity contribution in [3.05, 3.63) is 71.9 Å². The molecule has 28 heavy (non-hydrogen) atoms. The number of nitrogens with zero attached hydrogens (tertiary/aromatic N) is 2. The van der Waals surface area contributed by atoms with Crippen LogP contribution < -0.4 is 10.1 Å². The lowest BCUT2D eigenvalue weighted by Gasteiger charge is -2.10. The molecule has 0 unspecified atom stereocenters. The Bertz CT molecular complexity index is 1100. The highest BCUT2D eigenvalue weighted by molar-refractivity contribution is 7.17. The van der Waals surface area contributed by atoms with Gasteiger partial charge in [0, 0.05) is 11.1 Å². The smallest absolute Gasteiger partial charge is 0.339 e. The van der Waals surface area contributed by atoms with Gasteiger partial charge in [0.1, 0.15) is 28.5 Å². The standard InChI is InChI=1S/C21H17N3O3S/c1-2-26-21(25)17-12-28-20-18(17)19(22-13-23-20)24-14-8-10-16(11-9-14)27-15-6-4-3-5-7-15/h3-13H,2H2,1H3,(H,22,23,24). The van der Waals surface area contributed by atoms with Crippen LogP contribution in [0.1, 0.15) is 17.3 Å². The molecule has 0 saturated heterocycles. The first-order chi connectivity index (χ1) is 13.7. The molecule has 2 aromatic heterocycles. The summed E-state index contributed by atoms with van der Waals surface area (Å²) >= 11 is 1.38. The second-order valence-corrected chi connectivity index (χ2v) is 6.69. The maximum Gasteiger partial charge on any atom is 0.339 e. The van der Waals surface area contributed by atoms with Crippen LogP contribution in [-0.4, -0.2) is 22.5 Å². The molecule has 0 bridgehead atoms. The summed E-state index contributed by atoms with van der Waals surface area (Å²) in [6.45, 7) is 2.09. The number of nitrogens with one attached hydrogen (secondary N) is 1. The van der Waals surface area contributed by atoms with E-state index in [0.29, 0.717) is 23.4 Å². The predicted molar refractivity (Wildman–Crippen MR) is 110 cm³/mol. The summed E-state index contributed by atoms with van der Waals surface area (Å²) in [4.78, 5) is 21.5. The zero-order valence-corrected chi connectivity index (χ0v) is 15.9. The number of carbonyl (C=O) groups is 1. The second kappa shape index (κ2) is 8.06. The summed E-state index contributed by atoms with van der Waals surface area (Å²) < 4.78 is 10.9. The molecule has 0 aliphatic rings. The van der Waals surface area contributed by atoms with Crippen LogP contribution in [0.15, 0.2) is 66.3 Å². The van der Waals surface area contributed by atoms with E-state index in [2.05, 4.69) is 15.3 Å². The number of carbonyl (C=O) groups excluding carboxylic acids is 1. The Labute approximate surface area is 165 Å². The Morgan fingerprint density at radius 1 is 1.04 bits per heavy atom. The highest BCUT2D eigenvalue weighted by Crippen LogP contribution is 2.32. The minimum atomic E-state index is -0.377. The molecule has 0 aliphatic carbocycles. The number of ether oxygens (including phenoxy) is 2.